The maximum absolute atomic E-state index is 6.96. The van der Waals surface area contributed by atoms with Crippen LogP contribution < -0.4 is 0 Å². The molecule has 23 heavy (non-hydrogen) atoms. The van der Waals surface area contributed by atoms with E-state index in [0.717, 1.165) is 16.7 Å². The van der Waals surface area contributed by atoms with Crippen molar-refractivity contribution in [2.24, 2.45) is 0 Å². The van der Waals surface area contributed by atoms with Gasteiger partial charge in [0.25, 0.3) is 6.69 Å². The van der Waals surface area contributed by atoms with E-state index in [9.17, 15) is 0 Å². The molecule has 3 heteroatoms. The standard InChI is InChI=1S/C20H18Cl2Si/c1-23(21,22)20(17-11-5-2-6-12-17,18-13-7-3-8-14-18)19-15-9-4-10-16-19/h2-16H,1H3. The van der Waals surface area contributed by atoms with Gasteiger partial charge in [-0.2, -0.15) is 0 Å². The Morgan fingerprint density at radius 1 is 0.565 bits per heavy atom. The Morgan fingerprint density at radius 3 is 1.04 bits per heavy atom. The van der Waals surface area contributed by atoms with Gasteiger partial charge < -0.3 is 0 Å². The summed E-state index contributed by atoms with van der Waals surface area (Å²) >= 11 is 13.9. The van der Waals surface area contributed by atoms with E-state index in [2.05, 4.69) is 36.4 Å². The van der Waals surface area contributed by atoms with Gasteiger partial charge in [0.1, 0.15) is 0 Å². The summed E-state index contributed by atoms with van der Waals surface area (Å²) in [6.45, 7) is -0.712. The van der Waals surface area contributed by atoms with Gasteiger partial charge in [-0.25, -0.2) is 0 Å². The average molecular weight is 357 g/mol. The van der Waals surface area contributed by atoms with Crippen LogP contribution in [0.15, 0.2) is 91.0 Å². The SMILES string of the molecule is C[Si](Cl)(Cl)C(c1ccccc1)(c1ccccc1)c1ccccc1. The molecule has 0 nitrogen and oxygen atoms in total. The zero-order valence-electron chi connectivity index (χ0n) is 12.9. The van der Waals surface area contributed by atoms with Crippen molar-refractivity contribution in [1.29, 1.82) is 0 Å². The average Bonchev–Trinajstić information content (AvgIpc) is 2.57. The smallest absolute Gasteiger partial charge is 0.144 e. The topological polar surface area (TPSA) is 0 Å². The molecule has 0 aliphatic heterocycles. The second-order valence-electron chi connectivity index (χ2n) is 5.74. The van der Waals surface area contributed by atoms with E-state index in [4.69, 9.17) is 22.2 Å². The molecule has 3 rings (SSSR count). The molecule has 0 heterocycles. The van der Waals surface area contributed by atoms with E-state index in [-0.39, 0.29) is 0 Å². The minimum atomic E-state index is -2.71. The van der Waals surface area contributed by atoms with Crippen molar-refractivity contribution in [3.05, 3.63) is 108 Å². The maximum Gasteiger partial charge on any atom is 0.267 e. The minimum Gasteiger partial charge on any atom is -0.144 e. The fraction of sp³-hybridized carbons (Fsp3) is 0.100. The highest BCUT2D eigenvalue weighted by Gasteiger charge is 2.52. The lowest BCUT2D eigenvalue weighted by atomic mass is 9.84. The van der Waals surface area contributed by atoms with Gasteiger partial charge in [0.15, 0.2) is 0 Å². The Labute approximate surface area is 148 Å². The lowest BCUT2D eigenvalue weighted by molar-refractivity contribution is 0.854. The van der Waals surface area contributed by atoms with E-state index in [1.165, 1.54) is 0 Å². The summed E-state index contributed by atoms with van der Waals surface area (Å²) in [7, 11) is 0. The lowest BCUT2D eigenvalue weighted by Crippen LogP contribution is -2.48. The molecular formula is C20H18Cl2Si. The summed E-state index contributed by atoms with van der Waals surface area (Å²) < 4.78 is 0. The van der Waals surface area contributed by atoms with Crippen molar-refractivity contribution in [1.82, 2.24) is 0 Å². The predicted octanol–water partition coefficient (Wildman–Crippen LogP) is 6.11. The van der Waals surface area contributed by atoms with Crippen molar-refractivity contribution in [2.75, 3.05) is 0 Å². The highest BCUT2D eigenvalue weighted by molar-refractivity contribution is 7.46. The van der Waals surface area contributed by atoms with Gasteiger partial charge in [0.2, 0.25) is 0 Å². The van der Waals surface area contributed by atoms with Gasteiger partial charge in [0, 0.05) is 0 Å². The number of hydrogen-bond donors (Lipinski definition) is 0. The predicted molar refractivity (Wildman–Crippen MR) is 103 cm³/mol. The van der Waals surface area contributed by atoms with Crippen molar-refractivity contribution in [3.8, 4) is 0 Å². The molecule has 0 spiro atoms. The van der Waals surface area contributed by atoms with Crippen LogP contribution in [0.2, 0.25) is 6.55 Å². The van der Waals surface area contributed by atoms with Gasteiger partial charge in [-0.3, -0.25) is 0 Å². The van der Waals surface area contributed by atoms with Gasteiger partial charge in [-0.1, -0.05) is 91.0 Å². The summed E-state index contributed by atoms with van der Waals surface area (Å²) in [5.41, 5.74) is 3.41. The molecule has 0 amide bonds. The maximum atomic E-state index is 6.96. The van der Waals surface area contributed by atoms with Crippen LogP contribution in [0.1, 0.15) is 16.7 Å². The molecule has 0 N–H and O–H groups in total. The van der Waals surface area contributed by atoms with Gasteiger partial charge in [-0.15, -0.1) is 22.2 Å². The van der Waals surface area contributed by atoms with Gasteiger partial charge in [0.05, 0.1) is 5.04 Å². The van der Waals surface area contributed by atoms with Crippen molar-refractivity contribution in [3.63, 3.8) is 0 Å². The Kier molecular flexibility index (Phi) is 4.63. The molecule has 0 aromatic heterocycles. The fourth-order valence-corrected chi connectivity index (χ4v) is 7.31. The normalized spacial score (nSPS) is 12.1. The summed E-state index contributed by atoms with van der Waals surface area (Å²) in [5.74, 6) is 0. The first-order chi connectivity index (χ1) is 11.1. The highest BCUT2D eigenvalue weighted by Crippen LogP contribution is 2.49. The Hall–Kier alpha value is -1.54. The number of rotatable bonds is 4. The van der Waals surface area contributed by atoms with Crippen LogP contribution in [0.5, 0.6) is 0 Å². The Bertz CT molecular complexity index is 653. The molecule has 0 atom stereocenters. The van der Waals surface area contributed by atoms with Crippen LogP contribution in [0.4, 0.5) is 0 Å². The molecule has 0 bridgehead atoms. The van der Waals surface area contributed by atoms with Crippen molar-refractivity contribution >= 4 is 28.9 Å². The molecular weight excluding hydrogens is 339 g/mol. The second kappa shape index (κ2) is 6.52. The third-order valence-corrected chi connectivity index (χ3v) is 8.16. The molecule has 0 fully saturated rings. The van der Waals surface area contributed by atoms with Crippen LogP contribution in [0.3, 0.4) is 0 Å². The molecule has 0 saturated carbocycles. The Morgan fingerprint density at radius 2 is 0.826 bits per heavy atom. The monoisotopic (exact) mass is 356 g/mol. The van der Waals surface area contributed by atoms with E-state index in [1.54, 1.807) is 0 Å². The molecule has 0 saturated heterocycles. The highest BCUT2D eigenvalue weighted by atomic mass is 35.7. The molecule has 0 unspecified atom stereocenters. The quantitative estimate of drug-likeness (QED) is 0.300. The zero-order valence-corrected chi connectivity index (χ0v) is 15.4. The summed E-state index contributed by atoms with van der Waals surface area (Å²) in [5, 5.41) is -0.514. The molecule has 3 aromatic carbocycles. The van der Waals surface area contributed by atoms with Crippen LogP contribution >= 0.6 is 22.2 Å². The van der Waals surface area contributed by atoms with E-state index < -0.39 is 11.7 Å². The molecule has 3 aromatic rings. The molecule has 0 radical (unpaired) electrons. The summed E-state index contributed by atoms with van der Waals surface area (Å²) in [6, 6.07) is 31.1. The summed E-state index contributed by atoms with van der Waals surface area (Å²) in [4.78, 5) is 0. The van der Waals surface area contributed by atoms with Crippen LogP contribution in [0, 0.1) is 0 Å². The van der Waals surface area contributed by atoms with Gasteiger partial charge >= 0.3 is 0 Å². The molecule has 0 aliphatic rings. The van der Waals surface area contributed by atoms with E-state index in [0.29, 0.717) is 0 Å². The van der Waals surface area contributed by atoms with Crippen molar-refractivity contribution in [2.45, 2.75) is 11.6 Å². The fourth-order valence-electron chi connectivity index (χ4n) is 3.32. The van der Waals surface area contributed by atoms with Gasteiger partial charge in [-0.05, 0) is 23.2 Å². The lowest BCUT2D eigenvalue weighted by Gasteiger charge is -2.41. The first-order valence-corrected chi connectivity index (χ1v) is 12.1. The summed E-state index contributed by atoms with van der Waals surface area (Å²) in [6.07, 6.45) is 0. The molecule has 116 valence electrons. The zero-order chi connectivity index (χ0) is 16.3. The molecule has 0 aliphatic carbocycles. The van der Waals surface area contributed by atoms with Crippen LogP contribution in [-0.4, -0.2) is 6.69 Å². The number of hydrogen-bond acceptors (Lipinski definition) is 0. The Balaban J connectivity index is 2.41. The minimum absolute atomic E-state index is 0.514. The van der Waals surface area contributed by atoms with Crippen molar-refractivity contribution < 1.29 is 0 Å². The van der Waals surface area contributed by atoms with E-state index in [1.807, 2.05) is 61.1 Å². The van der Waals surface area contributed by atoms with Crippen LogP contribution in [0.25, 0.3) is 0 Å². The van der Waals surface area contributed by atoms with E-state index >= 15 is 0 Å². The number of benzene rings is 3. The first-order valence-electron chi connectivity index (χ1n) is 7.61. The van der Waals surface area contributed by atoms with Crippen LogP contribution in [-0.2, 0) is 5.04 Å². The first kappa shape index (κ1) is 16.3. The number of halogens is 2. The second-order valence-corrected chi connectivity index (χ2v) is 13.4. The largest absolute Gasteiger partial charge is 0.267 e. The third-order valence-electron chi connectivity index (χ3n) is 4.28. The third kappa shape index (κ3) is 2.85.